The van der Waals surface area contributed by atoms with E-state index in [1.807, 2.05) is 39.2 Å². The van der Waals surface area contributed by atoms with Crippen molar-refractivity contribution in [2.45, 2.75) is 25.4 Å². The fourth-order valence-corrected chi connectivity index (χ4v) is 2.98. The minimum atomic E-state index is -0.359. The Morgan fingerprint density at radius 3 is 2.75 bits per heavy atom. The molecule has 2 amide bonds. The van der Waals surface area contributed by atoms with Crippen LogP contribution in [0.5, 0.6) is 0 Å². The summed E-state index contributed by atoms with van der Waals surface area (Å²) in [6.07, 6.45) is 0.692. The third-order valence-corrected chi connectivity index (χ3v) is 4.24. The van der Waals surface area contributed by atoms with Gasteiger partial charge in [0.15, 0.2) is 0 Å². The molecule has 2 atom stereocenters. The Labute approximate surface area is 118 Å². The molecule has 1 saturated heterocycles. The van der Waals surface area contributed by atoms with Gasteiger partial charge in [-0.3, -0.25) is 9.59 Å². The van der Waals surface area contributed by atoms with Crippen LogP contribution in [-0.2, 0) is 4.79 Å². The van der Waals surface area contributed by atoms with Gasteiger partial charge < -0.3 is 15.1 Å². The molecule has 5 heteroatoms. The van der Waals surface area contributed by atoms with Crippen LogP contribution in [0.2, 0.25) is 0 Å². The van der Waals surface area contributed by atoms with E-state index in [-0.39, 0.29) is 23.9 Å². The van der Waals surface area contributed by atoms with Crippen LogP contribution < -0.4 is 5.32 Å². The number of hydrogen-bond donors (Lipinski definition) is 1. The first kappa shape index (κ1) is 13.1. The number of hydrogen-bond acceptors (Lipinski definition) is 3. The van der Waals surface area contributed by atoms with Gasteiger partial charge in [0.1, 0.15) is 6.04 Å². The van der Waals surface area contributed by atoms with Crippen LogP contribution in [0, 0.1) is 6.92 Å². The van der Waals surface area contributed by atoms with Gasteiger partial charge in [0.05, 0.1) is 11.3 Å². The molecule has 0 saturated carbocycles. The van der Waals surface area contributed by atoms with Crippen molar-refractivity contribution in [3.8, 4) is 0 Å². The van der Waals surface area contributed by atoms with E-state index in [1.165, 1.54) is 0 Å². The summed E-state index contributed by atoms with van der Waals surface area (Å²) in [5.41, 5.74) is 2.25. The standard InChI is InChI=1S/C15H19N3O2/c1-9-4-5-12-11(6-9)15(20)18-8-10(17(2)3)7-13(18)14(19)16-12/h4-6,10,13H,7-8H2,1-3H3,(H,16,19)/t10-,13+/m1/s1. The number of rotatable bonds is 1. The van der Waals surface area contributed by atoms with Gasteiger partial charge in [-0.15, -0.1) is 0 Å². The van der Waals surface area contributed by atoms with Crippen molar-refractivity contribution in [3.05, 3.63) is 29.3 Å². The number of amides is 2. The van der Waals surface area contributed by atoms with Crippen LogP contribution in [0.4, 0.5) is 5.69 Å². The number of anilines is 1. The zero-order valence-electron chi connectivity index (χ0n) is 12.0. The highest BCUT2D eigenvalue weighted by Gasteiger charge is 2.43. The van der Waals surface area contributed by atoms with E-state index in [0.29, 0.717) is 24.2 Å². The summed E-state index contributed by atoms with van der Waals surface area (Å²) < 4.78 is 0. The monoisotopic (exact) mass is 273 g/mol. The molecule has 0 aliphatic carbocycles. The molecule has 2 heterocycles. The van der Waals surface area contributed by atoms with Crippen LogP contribution in [0.15, 0.2) is 18.2 Å². The molecular formula is C15H19N3O2. The highest BCUT2D eigenvalue weighted by molar-refractivity contribution is 6.10. The van der Waals surface area contributed by atoms with Gasteiger partial charge in [-0.05, 0) is 39.6 Å². The van der Waals surface area contributed by atoms with Crippen LogP contribution >= 0.6 is 0 Å². The van der Waals surface area contributed by atoms with Crippen LogP contribution in [0.1, 0.15) is 22.3 Å². The Morgan fingerprint density at radius 2 is 2.05 bits per heavy atom. The van der Waals surface area contributed by atoms with Crippen molar-refractivity contribution in [2.24, 2.45) is 0 Å². The average molecular weight is 273 g/mol. The van der Waals surface area contributed by atoms with Gasteiger partial charge in [-0.1, -0.05) is 11.6 Å². The average Bonchev–Trinajstić information content (AvgIpc) is 2.81. The molecule has 2 aliphatic rings. The Hall–Kier alpha value is -1.88. The molecule has 0 aromatic heterocycles. The first-order chi connectivity index (χ1) is 9.47. The van der Waals surface area contributed by atoms with Crippen molar-refractivity contribution < 1.29 is 9.59 Å². The van der Waals surface area contributed by atoms with Crippen LogP contribution in [0.25, 0.3) is 0 Å². The molecule has 1 aromatic carbocycles. The Kier molecular flexibility index (Phi) is 3.01. The SMILES string of the molecule is Cc1ccc2c(c1)C(=O)N1C[C@H](N(C)C)C[C@H]1C(=O)N2. The first-order valence-corrected chi connectivity index (χ1v) is 6.86. The maximum absolute atomic E-state index is 12.7. The van der Waals surface area contributed by atoms with Crippen molar-refractivity contribution in [1.82, 2.24) is 9.80 Å². The summed E-state index contributed by atoms with van der Waals surface area (Å²) in [4.78, 5) is 28.8. The number of nitrogens with zero attached hydrogens (tertiary/aromatic N) is 2. The van der Waals surface area contributed by atoms with E-state index >= 15 is 0 Å². The molecule has 0 bridgehead atoms. The predicted molar refractivity (Wildman–Crippen MR) is 76.7 cm³/mol. The Balaban J connectivity index is 2.01. The zero-order chi connectivity index (χ0) is 14.4. The lowest BCUT2D eigenvalue weighted by Gasteiger charge is -2.21. The molecule has 1 fully saturated rings. The Morgan fingerprint density at radius 1 is 1.30 bits per heavy atom. The van der Waals surface area contributed by atoms with Crippen LogP contribution in [0.3, 0.4) is 0 Å². The van der Waals surface area contributed by atoms with E-state index < -0.39 is 0 Å². The van der Waals surface area contributed by atoms with E-state index in [1.54, 1.807) is 4.90 Å². The maximum Gasteiger partial charge on any atom is 0.256 e. The summed E-state index contributed by atoms with van der Waals surface area (Å²) in [6.45, 7) is 2.56. The maximum atomic E-state index is 12.7. The number of carbonyl (C=O) groups excluding carboxylic acids is 2. The second-order valence-corrected chi connectivity index (χ2v) is 5.86. The predicted octanol–water partition coefficient (Wildman–Crippen LogP) is 1.09. The lowest BCUT2D eigenvalue weighted by Crippen LogP contribution is -2.40. The number of aryl methyl sites for hydroxylation is 1. The molecule has 1 aromatic rings. The summed E-state index contributed by atoms with van der Waals surface area (Å²) in [6, 6.07) is 5.45. The second kappa shape index (κ2) is 4.59. The normalized spacial score (nSPS) is 25.3. The number of likely N-dealkylation sites (N-methyl/N-ethyl adjacent to an activating group) is 1. The van der Waals surface area contributed by atoms with Gasteiger partial charge in [-0.25, -0.2) is 0 Å². The number of benzene rings is 1. The summed E-state index contributed by atoms with van der Waals surface area (Å²) in [7, 11) is 3.97. The van der Waals surface area contributed by atoms with E-state index in [4.69, 9.17) is 0 Å². The molecule has 0 unspecified atom stereocenters. The summed E-state index contributed by atoms with van der Waals surface area (Å²) in [5.74, 6) is -0.123. The molecule has 3 rings (SSSR count). The number of nitrogens with one attached hydrogen (secondary N) is 1. The lowest BCUT2D eigenvalue weighted by atomic mass is 10.1. The highest BCUT2D eigenvalue weighted by Crippen LogP contribution is 2.30. The quantitative estimate of drug-likeness (QED) is 0.833. The third-order valence-electron chi connectivity index (χ3n) is 4.24. The van der Waals surface area contributed by atoms with Crippen molar-refractivity contribution in [1.29, 1.82) is 0 Å². The molecule has 0 spiro atoms. The molecule has 0 radical (unpaired) electrons. The van der Waals surface area contributed by atoms with Gasteiger partial charge >= 0.3 is 0 Å². The molecule has 106 valence electrons. The highest BCUT2D eigenvalue weighted by atomic mass is 16.2. The minimum Gasteiger partial charge on any atom is -0.325 e. The largest absolute Gasteiger partial charge is 0.325 e. The fraction of sp³-hybridized carbons (Fsp3) is 0.467. The lowest BCUT2D eigenvalue weighted by molar-refractivity contribution is -0.119. The molecule has 1 N–H and O–H groups in total. The van der Waals surface area contributed by atoms with Gasteiger partial charge in [0, 0.05) is 12.6 Å². The zero-order valence-corrected chi connectivity index (χ0v) is 12.0. The second-order valence-electron chi connectivity index (χ2n) is 5.86. The number of carbonyl (C=O) groups is 2. The molecule has 20 heavy (non-hydrogen) atoms. The van der Waals surface area contributed by atoms with E-state index in [0.717, 1.165) is 5.56 Å². The minimum absolute atomic E-state index is 0.0450. The number of fused-ring (bicyclic) bond motifs is 2. The smallest absolute Gasteiger partial charge is 0.256 e. The van der Waals surface area contributed by atoms with Crippen molar-refractivity contribution in [2.75, 3.05) is 26.0 Å². The van der Waals surface area contributed by atoms with Gasteiger partial charge in [-0.2, -0.15) is 0 Å². The molecular weight excluding hydrogens is 254 g/mol. The summed E-state index contributed by atoms with van der Waals surface area (Å²) >= 11 is 0. The fourth-order valence-electron chi connectivity index (χ4n) is 2.98. The van der Waals surface area contributed by atoms with Crippen LogP contribution in [-0.4, -0.2) is 54.3 Å². The first-order valence-electron chi connectivity index (χ1n) is 6.86. The van der Waals surface area contributed by atoms with Crippen molar-refractivity contribution in [3.63, 3.8) is 0 Å². The van der Waals surface area contributed by atoms with E-state index in [9.17, 15) is 9.59 Å². The van der Waals surface area contributed by atoms with Crippen molar-refractivity contribution >= 4 is 17.5 Å². The van der Waals surface area contributed by atoms with Gasteiger partial charge in [0.2, 0.25) is 5.91 Å². The topological polar surface area (TPSA) is 52.7 Å². The molecule has 5 nitrogen and oxygen atoms in total. The third kappa shape index (κ3) is 1.98. The summed E-state index contributed by atoms with van der Waals surface area (Å²) in [5, 5.41) is 2.89. The molecule has 2 aliphatic heterocycles. The Bertz CT molecular complexity index is 582. The van der Waals surface area contributed by atoms with E-state index in [2.05, 4.69) is 10.2 Å². The van der Waals surface area contributed by atoms with Gasteiger partial charge in [0.25, 0.3) is 5.91 Å².